The van der Waals surface area contributed by atoms with Crippen LogP contribution in [0.3, 0.4) is 0 Å². The molecule has 4 nitrogen and oxygen atoms in total. The number of aromatic nitrogens is 2. The molecule has 3 rings (SSSR count). The summed E-state index contributed by atoms with van der Waals surface area (Å²) in [5.74, 6) is 1.83. The van der Waals surface area contributed by atoms with E-state index < -0.39 is 0 Å². The van der Waals surface area contributed by atoms with Crippen LogP contribution in [0.4, 0.5) is 0 Å². The molecule has 20 heavy (non-hydrogen) atoms. The van der Waals surface area contributed by atoms with Gasteiger partial charge in [0.15, 0.2) is 5.82 Å². The third-order valence-electron chi connectivity index (χ3n) is 4.04. The van der Waals surface area contributed by atoms with Crippen LogP contribution in [0.5, 0.6) is 0 Å². The lowest BCUT2D eigenvalue weighted by atomic mass is 9.99. The number of nitrogens with zero attached hydrogens (tertiary/aromatic N) is 3. The Morgan fingerprint density at radius 2 is 1.90 bits per heavy atom. The molecule has 4 heteroatoms. The minimum absolute atomic E-state index is 0.170. The van der Waals surface area contributed by atoms with Crippen molar-refractivity contribution >= 4 is 0 Å². The number of hydrogen-bond acceptors (Lipinski definition) is 4. The van der Waals surface area contributed by atoms with Crippen LogP contribution in [0, 0.1) is 0 Å². The molecule has 0 N–H and O–H groups in total. The van der Waals surface area contributed by atoms with E-state index in [0.29, 0.717) is 5.92 Å². The first-order valence-corrected chi connectivity index (χ1v) is 7.29. The van der Waals surface area contributed by atoms with Gasteiger partial charge >= 0.3 is 0 Å². The number of hydrogen-bond donors (Lipinski definition) is 0. The van der Waals surface area contributed by atoms with Crippen molar-refractivity contribution in [1.82, 2.24) is 15.0 Å². The average Bonchev–Trinajstić information content (AvgIpc) is 2.96. The molecule has 1 unspecified atom stereocenters. The molecular weight excluding hydrogens is 250 g/mol. The molecule has 1 atom stereocenters. The smallest absolute Gasteiger partial charge is 0.243 e. The van der Waals surface area contributed by atoms with E-state index in [1.165, 1.54) is 11.1 Å². The Labute approximate surface area is 119 Å². The van der Waals surface area contributed by atoms with Gasteiger partial charge in [-0.05, 0) is 24.5 Å². The zero-order valence-corrected chi connectivity index (χ0v) is 12.3. The summed E-state index contributed by atoms with van der Waals surface area (Å²) < 4.78 is 5.43. The van der Waals surface area contributed by atoms with Crippen molar-refractivity contribution in [2.75, 3.05) is 6.54 Å². The monoisotopic (exact) mass is 271 g/mol. The Balaban J connectivity index is 1.76. The lowest BCUT2D eigenvalue weighted by Crippen LogP contribution is -2.33. The molecule has 0 fully saturated rings. The molecule has 0 amide bonds. The maximum absolute atomic E-state index is 5.43. The van der Waals surface area contributed by atoms with Crippen molar-refractivity contribution in [3.05, 3.63) is 47.1 Å². The Bertz CT molecular complexity index is 591. The van der Waals surface area contributed by atoms with Crippen molar-refractivity contribution in [2.45, 2.75) is 45.7 Å². The van der Waals surface area contributed by atoms with Gasteiger partial charge in [-0.25, -0.2) is 0 Å². The van der Waals surface area contributed by atoms with E-state index in [-0.39, 0.29) is 6.04 Å². The van der Waals surface area contributed by atoms with Crippen LogP contribution in [-0.2, 0) is 13.0 Å². The molecule has 0 radical (unpaired) electrons. The first-order valence-electron chi connectivity index (χ1n) is 7.29. The largest absolute Gasteiger partial charge is 0.338 e. The van der Waals surface area contributed by atoms with Gasteiger partial charge in [-0.2, -0.15) is 4.98 Å². The van der Waals surface area contributed by atoms with E-state index in [0.717, 1.165) is 31.2 Å². The average molecular weight is 271 g/mol. The van der Waals surface area contributed by atoms with Gasteiger partial charge in [0.05, 0.1) is 6.04 Å². The topological polar surface area (TPSA) is 42.2 Å². The molecule has 0 aliphatic carbocycles. The van der Waals surface area contributed by atoms with Crippen molar-refractivity contribution in [3.8, 4) is 0 Å². The highest BCUT2D eigenvalue weighted by Gasteiger charge is 2.25. The van der Waals surface area contributed by atoms with Gasteiger partial charge in [0.1, 0.15) is 0 Å². The van der Waals surface area contributed by atoms with Crippen LogP contribution in [0.15, 0.2) is 28.8 Å². The number of rotatable bonds is 3. The van der Waals surface area contributed by atoms with E-state index in [2.05, 4.69) is 60.1 Å². The van der Waals surface area contributed by atoms with Crippen LogP contribution >= 0.6 is 0 Å². The summed E-state index contributed by atoms with van der Waals surface area (Å²) in [6.07, 6.45) is 1.09. The van der Waals surface area contributed by atoms with Gasteiger partial charge in [-0.1, -0.05) is 43.3 Å². The molecule has 2 aromatic rings. The lowest BCUT2D eigenvalue weighted by molar-refractivity contribution is 0.158. The fourth-order valence-corrected chi connectivity index (χ4v) is 2.66. The van der Waals surface area contributed by atoms with Crippen LogP contribution in [0.25, 0.3) is 0 Å². The highest BCUT2D eigenvalue weighted by molar-refractivity contribution is 5.29. The van der Waals surface area contributed by atoms with Gasteiger partial charge < -0.3 is 4.52 Å². The molecule has 1 aliphatic heterocycles. The second kappa shape index (κ2) is 5.37. The summed E-state index contributed by atoms with van der Waals surface area (Å²) in [5, 5.41) is 4.06. The van der Waals surface area contributed by atoms with Crippen molar-refractivity contribution in [1.29, 1.82) is 0 Å². The van der Waals surface area contributed by atoms with Crippen LogP contribution in [0.1, 0.15) is 55.6 Å². The molecule has 1 aromatic heterocycles. The molecule has 0 saturated carbocycles. The molecular formula is C16H21N3O. The predicted molar refractivity (Wildman–Crippen MR) is 77.4 cm³/mol. The first kappa shape index (κ1) is 13.3. The van der Waals surface area contributed by atoms with Crippen molar-refractivity contribution < 1.29 is 4.52 Å². The standard InChI is InChI=1S/C16H21N3O/c1-11(2)15-17-16(20-18-15)12(3)19-9-8-13-6-4-5-7-14(13)10-19/h4-7,11-12H,8-10H2,1-3H3. The van der Waals surface area contributed by atoms with Crippen molar-refractivity contribution in [3.63, 3.8) is 0 Å². The lowest BCUT2D eigenvalue weighted by Gasteiger charge is -2.31. The molecule has 2 heterocycles. The van der Waals surface area contributed by atoms with E-state index in [1.807, 2.05) is 0 Å². The van der Waals surface area contributed by atoms with Crippen LogP contribution in [-0.4, -0.2) is 21.6 Å². The minimum Gasteiger partial charge on any atom is -0.338 e. The van der Waals surface area contributed by atoms with Gasteiger partial charge in [-0.15, -0.1) is 0 Å². The van der Waals surface area contributed by atoms with E-state index >= 15 is 0 Å². The molecule has 1 aromatic carbocycles. The summed E-state index contributed by atoms with van der Waals surface area (Å²) in [7, 11) is 0. The number of fused-ring (bicyclic) bond motifs is 1. The van der Waals surface area contributed by atoms with E-state index in [9.17, 15) is 0 Å². The summed E-state index contributed by atoms with van der Waals surface area (Å²) in [4.78, 5) is 6.92. The van der Waals surface area contributed by atoms with Gasteiger partial charge in [0.2, 0.25) is 5.89 Å². The maximum Gasteiger partial charge on any atom is 0.243 e. The van der Waals surface area contributed by atoms with Gasteiger partial charge in [-0.3, -0.25) is 4.90 Å². The fraction of sp³-hybridized carbons (Fsp3) is 0.500. The second-order valence-electron chi connectivity index (χ2n) is 5.81. The fourth-order valence-electron chi connectivity index (χ4n) is 2.66. The van der Waals surface area contributed by atoms with Gasteiger partial charge in [0.25, 0.3) is 0 Å². The van der Waals surface area contributed by atoms with E-state index in [1.54, 1.807) is 0 Å². The zero-order chi connectivity index (χ0) is 14.1. The highest BCUT2D eigenvalue weighted by Crippen LogP contribution is 2.27. The molecule has 0 saturated heterocycles. The molecule has 1 aliphatic rings. The summed E-state index contributed by atoms with van der Waals surface area (Å²) in [5.41, 5.74) is 2.87. The first-order chi connectivity index (χ1) is 9.65. The second-order valence-corrected chi connectivity index (χ2v) is 5.81. The SMILES string of the molecule is CC(C)c1noc(C(C)N2CCc3ccccc3C2)n1. The van der Waals surface area contributed by atoms with Crippen LogP contribution in [0.2, 0.25) is 0 Å². The highest BCUT2D eigenvalue weighted by atomic mass is 16.5. The Hall–Kier alpha value is -1.68. The van der Waals surface area contributed by atoms with E-state index in [4.69, 9.17) is 4.52 Å². The molecule has 0 bridgehead atoms. The van der Waals surface area contributed by atoms with Gasteiger partial charge in [0, 0.05) is 19.0 Å². The maximum atomic E-state index is 5.43. The third kappa shape index (κ3) is 2.48. The summed E-state index contributed by atoms with van der Waals surface area (Å²) >= 11 is 0. The number of benzene rings is 1. The minimum atomic E-state index is 0.170. The summed E-state index contributed by atoms with van der Waals surface area (Å²) in [6.45, 7) is 8.30. The zero-order valence-electron chi connectivity index (χ0n) is 12.3. The molecule has 0 spiro atoms. The Morgan fingerprint density at radius 1 is 1.15 bits per heavy atom. The summed E-state index contributed by atoms with van der Waals surface area (Å²) in [6, 6.07) is 8.83. The Morgan fingerprint density at radius 3 is 2.60 bits per heavy atom. The quantitative estimate of drug-likeness (QED) is 0.859. The van der Waals surface area contributed by atoms with Crippen LogP contribution < -0.4 is 0 Å². The molecule has 106 valence electrons. The van der Waals surface area contributed by atoms with Crippen molar-refractivity contribution in [2.24, 2.45) is 0 Å². The Kier molecular flexibility index (Phi) is 3.57. The predicted octanol–water partition coefficient (Wildman–Crippen LogP) is 3.31. The third-order valence-corrected chi connectivity index (χ3v) is 4.04. The normalized spacial score (nSPS) is 17.2.